The van der Waals surface area contributed by atoms with Gasteiger partial charge < -0.3 is 0 Å². The van der Waals surface area contributed by atoms with Crippen LogP contribution in [0, 0.1) is 0 Å². The van der Waals surface area contributed by atoms with Gasteiger partial charge in [-0.05, 0) is 46.7 Å². The van der Waals surface area contributed by atoms with Crippen molar-refractivity contribution in [1.29, 1.82) is 0 Å². The van der Waals surface area contributed by atoms with Gasteiger partial charge in [0.05, 0.1) is 12.0 Å². The van der Waals surface area contributed by atoms with Gasteiger partial charge in [0, 0.05) is 6.54 Å². The van der Waals surface area contributed by atoms with Crippen molar-refractivity contribution in [1.82, 2.24) is 19.7 Å². The van der Waals surface area contributed by atoms with Crippen LogP contribution in [0.4, 0.5) is 0 Å². The monoisotopic (exact) mass is 278 g/mol. The predicted octanol–water partition coefficient (Wildman–Crippen LogP) is 2.06. The molecule has 1 aliphatic rings. The summed E-state index contributed by atoms with van der Waals surface area (Å²) in [6.45, 7) is 8.92. The first-order valence-electron chi connectivity index (χ1n) is 7.70. The van der Waals surface area contributed by atoms with Crippen LogP contribution in [-0.4, -0.2) is 44.1 Å². The van der Waals surface area contributed by atoms with E-state index in [0.29, 0.717) is 6.42 Å². The first-order chi connectivity index (χ1) is 9.55. The Kier molecular flexibility index (Phi) is 4.91. The van der Waals surface area contributed by atoms with E-state index in [-0.39, 0.29) is 5.78 Å². The Balaban J connectivity index is 2.06. The van der Waals surface area contributed by atoms with E-state index in [1.165, 1.54) is 32.0 Å². The molecule has 1 saturated heterocycles. The molecule has 0 aromatic carbocycles. The lowest BCUT2D eigenvalue weighted by Gasteiger charge is -2.36. The van der Waals surface area contributed by atoms with Gasteiger partial charge in [-0.25, -0.2) is 9.67 Å². The second-order valence-corrected chi connectivity index (χ2v) is 6.05. The smallest absolute Gasteiger partial charge is 0.160 e. The van der Waals surface area contributed by atoms with Gasteiger partial charge in [0.25, 0.3) is 0 Å². The number of Topliss-reactive ketones (excluding diaryl/α,β-unsaturated/α-hetero) is 1. The van der Waals surface area contributed by atoms with E-state index in [4.69, 9.17) is 0 Å². The summed E-state index contributed by atoms with van der Waals surface area (Å²) in [4.78, 5) is 19.2. The Morgan fingerprint density at radius 2 is 1.90 bits per heavy atom. The highest BCUT2D eigenvalue weighted by Gasteiger charge is 2.34. The van der Waals surface area contributed by atoms with E-state index in [1.807, 2.05) is 20.8 Å². The quantitative estimate of drug-likeness (QED) is 0.827. The molecule has 0 amide bonds. The van der Waals surface area contributed by atoms with Crippen molar-refractivity contribution in [2.45, 2.75) is 65.0 Å². The zero-order valence-corrected chi connectivity index (χ0v) is 12.9. The normalized spacial score (nSPS) is 17.9. The van der Waals surface area contributed by atoms with Gasteiger partial charge in [0.2, 0.25) is 0 Å². The fourth-order valence-electron chi connectivity index (χ4n) is 2.86. The molecular weight excluding hydrogens is 252 g/mol. The van der Waals surface area contributed by atoms with E-state index in [2.05, 4.69) is 15.0 Å². The van der Waals surface area contributed by atoms with Crippen molar-refractivity contribution in [2.75, 3.05) is 13.1 Å². The maximum atomic E-state index is 12.7. The van der Waals surface area contributed by atoms with Gasteiger partial charge in [-0.1, -0.05) is 12.8 Å². The summed E-state index contributed by atoms with van der Waals surface area (Å²) in [7, 11) is 0. The Labute approximate surface area is 121 Å². The molecule has 1 fully saturated rings. The average Bonchev–Trinajstić information content (AvgIpc) is 2.70. The third kappa shape index (κ3) is 3.26. The highest BCUT2D eigenvalue weighted by atomic mass is 16.1. The summed E-state index contributed by atoms with van der Waals surface area (Å²) in [6.07, 6.45) is 6.86. The molecule has 0 bridgehead atoms. The average molecular weight is 278 g/mol. The van der Waals surface area contributed by atoms with E-state index in [9.17, 15) is 4.79 Å². The molecule has 0 saturated carbocycles. The zero-order chi connectivity index (χ0) is 14.6. The SMILES string of the molecule is CCn1ncnc1CC(=O)C(C)(C)N1CCCCCC1. The summed E-state index contributed by atoms with van der Waals surface area (Å²) in [6, 6.07) is 0. The second-order valence-electron chi connectivity index (χ2n) is 6.05. The van der Waals surface area contributed by atoms with Crippen molar-refractivity contribution in [3.63, 3.8) is 0 Å². The molecule has 2 rings (SSSR count). The Morgan fingerprint density at radius 3 is 2.50 bits per heavy atom. The number of hydrogen-bond donors (Lipinski definition) is 0. The lowest BCUT2D eigenvalue weighted by atomic mass is 9.93. The molecule has 0 unspecified atom stereocenters. The molecule has 1 aromatic rings. The van der Waals surface area contributed by atoms with Crippen LogP contribution in [0.15, 0.2) is 6.33 Å². The number of likely N-dealkylation sites (tertiary alicyclic amines) is 1. The number of aromatic nitrogens is 3. The summed E-state index contributed by atoms with van der Waals surface area (Å²) in [5.74, 6) is 1.02. The van der Waals surface area contributed by atoms with Crippen LogP contribution in [-0.2, 0) is 17.8 Å². The fraction of sp³-hybridized carbons (Fsp3) is 0.800. The van der Waals surface area contributed by atoms with Gasteiger partial charge in [0.15, 0.2) is 5.78 Å². The number of carbonyl (C=O) groups is 1. The minimum Gasteiger partial charge on any atom is -0.297 e. The van der Waals surface area contributed by atoms with E-state index < -0.39 is 5.54 Å². The van der Waals surface area contributed by atoms with Crippen LogP contribution in [0.5, 0.6) is 0 Å². The number of carbonyl (C=O) groups excluding carboxylic acids is 1. The van der Waals surface area contributed by atoms with E-state index >= 15 is 0 Å². The Hall–Kier alpha value is -1.23. The lowest BCUT2D eigenvalue weighted by molar-refractivity contribution is -0.129. The molecule has 5 nitrogen and oxygen atoms in total. The van der Waals surface area contributed by atoms with Crippen LogP contribution >= 0.6 is 0 Å². The minimum atomic E-state index is -0.408. The molecule has 0 N–H and O–H groups in total. The molecule has 2 heterocycles. The predicted molar refractivity (Wildman–Crippen MR) is 78.5 cm³/mol. The molecule has 0 atom stereocenters. The third-order valence-corrected chi connectivity index (χ3v) is 4.39. The van der Waals surface area contributed by atoms with Gasteiger partial charge in [-0.15, -0.1) is 0 Å². The van der Waals surface area contributed by atoms with Crippen molar-refractivity contribution < 1.29 is 4.79 Å². The summed E-state index contributed by atoms with van der Waals surface area (Å²) >= 11 is 0. The van der Waals surface area contributed by atoms with Crippen molar-refractivity contribution in [3.05, 3.63) is 12.2 Å². The topological polar surface area (TPSA) is 51.0 Å². The van der Waals surface area contributed by atoms with Crippen molar-refractivity contribution in [3.8, 4) is 0 Å². The second kappa shape index (κ2) is 6.48. The zero-order valence-electron chi connectivity index (χ0n) is 12.9. The summed E-state index contributed by atoms with van der Waals surface area (Å²) in [5.41, 5.74) is -0.408. The highest BCUT2D eigenvalue weighted by Crippen LogP contribution is 2.22. The largest absolute Gasteiger partial charge is 0.297 e. The molecule has 112 valence electrons. The number of nitrogens with zero attached hydrogens (tertiary/aromatic N) is 4. The van der Waals surface area contributed by atoms with Crippen LogP contribution in [0.25, 0.3) is 0 Å². The Bertz CT molecular complexity index is 444. The molecular formula is C15H26N4O. The summed E-state index contributed by atoms with van der Waals surface area (Å²) in [5, 5.41) is 4.14. The number of hydrogen-bond acceptors (Lipinski definition) is 4. The first kappa shape index (κ1) is 15.2. The molecule has 1 aliphatic heterocycles. The maximum absolute atomic E-state index is 12.7. The number of rotatable bonds is 5. The van der Waals surface area contributed by atoms with E-state index in [0.717, 1.165) is 25.5 Å². The number of ketones is 1. The van der Waals surface area contributed by atoms with Gasteiger partial charge in [-0.3, -0.25) is 9.69 Å². The molecule has 1 aromatic heterocycles. The van der Waals surface area contributed by atoms with Crippen molar-refractivity contribution >= 4 is 5.78 Å². The van der Waals surface area contributed by atoms with Crippen LogP contribution in [0.3, 0.4) is 0 Å². The van der Waals surface area contributed by atoms with E-state index in [1.54, 1.807) is 4.68 Å². The number of aryl methyl sites for hydroxylation is 1. The summed E-state index contributed by atoms with van der Waals surface area (Å²) < 4.78 is 1.80. The van der Waals surface area contributed by atoms with Crippen molar-refractivity contribution in [2.24, 2.45) is 0 Å². The molecule has 5 heteroatoms. The lowest BCUT2D eigenvalue weighted by Crippen LogP contribution is -2.51. The minimum absolute atomic E-state index is 0.238. The van der Waals surface area contributed by atoms with Crippen LogP contribution in [0.1, 0.15) is 52.3 Å². The fourth-order valence-corrected chi connectivity index (χ4v) is 2.86. The van der Waals surface area contributed by atoms with Gasteiger partial charge >= 0.3 is 0 Å². The maximum Gasteiger partial charge on any atom is 0.160 e. The van der Waals surface area contributed by atoms with Gasteiger partial charge in [-0.2, -0.15) is 5.10 Å². The van der Waals surface area contributed by atoms with Crippen LogP contribution in [0.2, 0.25) is 0 Å². The molecule has 0 radical (unpaired) electrons. The highest BCUT2D eigenvalue weighted by molar-refractivity contribution is 5.88. The third-order valence-electron chi connectivity index (χ3n) is 4.39. The van der Waals surface area contributed by atoms with Crippen LogP contribution < -0.4 is 0 Å². The Morgan fingerprint density at radius 1 is 1.25 bits per heavy atom. The standard InChI is InChI=1S/C15H26N4O/c1-4-19-14(16-12-17-19)11-13(20)15(2,3)18-9-7-5-6-8-10-18/h12H,4-11H2,1-3H3. The van der Waals surface area contributed by atoms with Gasteiger partial charge in [0.1, 0.15) is 12.2 Å². The molecule has 0 aliphatic carbocycles. The first-order valence-corrected chi connectivity index (χ1v) is 7.70. The molecule has 20 heavy (non-hydrogen) atoms. The molecule has 0 spiro atoms.